The number of benzene rings is 1. The Bertz CT molecular complexity index is 800. The van der Waals surface area contributed by atoms with Gasteiger partial charge in [0.15, 0.2) is 17.6 Å². The molecule has 1 aliphatic heterocycles. The summed E-state index contributed by atoms with van der Waals surface area (Å²) in [5.74, 6) is 1.74. The van der Waals surface area contributed by atoms with Gasteiger partial charge in [-0.05, 0) is 50.1 Å². The molecular formula is C21H29FIN5O. The fourth-order valence-electron chi connectivity index (χ4n) is 3.21. The molecule has 0 aliphatic carbocycles. The van der Waals surface area contributed by atoms with Crippen LogP contribution in [0, 0.1) is 5.82 Å². The summed E-state index contributed by atoms with van der Waals surface area (Å²) in [6, 6.07) is 11.3. The van der Waals surface area contributed by atoms with Gasteiger partial charge in [0, 0.05) is 38.9 Å². The number of hydrogen-bond acceptors (Lipinski definition) is 4. The van der Waals surface area contributed by atoms with Crippen LogP contribution in [0.15, 0.2) is 47.6 Å². The van der Waals surface area contributed by atoms with Crippen molar-refractivity contribution < 1.29 is 9.13 Å². The van der Waals surface area contributed by atoms with Crippen molar-refractivity contribution in [3.8, 4) is 5.75 Å². The highest BCUT2D eigenvalue weighted by molar-refractivity contribution is 14.0. The van der Waals surface area contributed by atoms with Crippen molar-refractivity contribution in [1.29, 1.82) is 0 Å². The van der Waals surface area contributed by atoms with Crippen LogP contribution in [-0.4, -0.2) is 43.2 Å². The van der Waals surface area contributed by atoms with E-state index in [1.54, 1.807) is 19.3 Å². The van der Waals surface area contributed by atoms with Gasteiger partial charge in [-0.3, -0.25) is 4.99 Å². The molecule has 1 unspecified atom stereocenters. The van der Waals surface area contributed by atoms with Crippen molar-refractivity contribution in [1.82, 2.24) is 15.6 Å². The summed E-state index contributed by atoms with van der Waals surface area (Å²) in [7, 11) is 1.75. The van der Waals surface area contributed by atoms with Gasteiger partial charge in [-0.15, -0.1) is 24.0 Å². The molecule has 2 N–H and O–H groups in total. The molecule has 6 nitrogen and oxygen atoms in total. The van der Waals surface area contributed by atoms with Crippen LogP contribution in [-0.2, 0) is 6.54 Å². The number of halogens is 2. The molecule has 0 radical (unpaired) electrons. The van der Waals surface area contributed by atoms with Crippen LogP contribution < -0.4 is 20.3 Å². The predicted molar refractivity (Wildman–Crippen MR) is 126 cm³/mol. The monoisotopic (exact) mass is 513 g/mol. The predicted octanol–water partition coefficient (Wildman–Crippen LogP) is 3.57. The van der Waals surface area contributed by atoms with Crippen molar-refractivity contribution in [3.05, 3.63) is 54.0 Å². The van der Waals surface area contributed by atoms with Crippen LogP contribution in [0.1, 0.15) is 25.8 Å². The molecule has 2 aromatic rings. The molecule has 158 valence electrons. The van der Waals surface area contributed by atoms with Gasteiger partial charge in [0.25, 0.3) is 0 Å². The third-order valence-corrected chi connectivity index (χ3v) is 4.55. The quantitative estimate of drug-likeness (QED) is 0.352. The highest BCUT2D eigenvalue weighted by Gasteiger charge is 2.25. The number of hydrogen-bond donors (Lipinski definition) is 2. The summed E-state index contributed by atoms with van der Waals surface area (Å²) < 4.78 is 19.6. The molecule has 0 bridgehead atoms. The summed E-state index contributed by atoms with van der Waals surface area (Å²) in [5.41, 5.74) is 1.14. The van der Waals surface area contributed by atoms with E-state index in [0.29, 0.717) is 18.9 Å². The minimum Gasteiger partial charge on any atom is -0.491 e. The first-order chi connectivity index (χ1) is 13.5. The molecule has 1 aliphatic rings. The lowest BCUT2D eigenvalue weighted by atomic mass is 10.2. The van der Waals surface area contributed by atoms with Crippen LogP contribution in [0.5, 0.6) is 5.75 Å². The molecule has 1 fully saturated rings. The van der Waals surface area contributed by atoms with E-state index in [2.05, 4.69) is 20.6 Å². The first kappa shape index (κ1) is 23.2. The van der Waals surface area contributed by atoms with E-state index in [9.17, 15) is 4.39 Å². The standard InChI is InChI=1S/C21H28FN5O.HI/c1-15(2)28-18-8-6-16(7-9-18)13-25-21(23-3)26-17-10-12-27(14-17)20-19(22)5-4-11-24-20;/h4-9,11,15,17H,10,12-14H2,1-3H3,(H2,23,25,26);1H. The van der Waals surface area contributed by atoms with Crippen LogP contribution in [0.3, 0.4) is 0 Å². The largest absolute Gasteiger partial charge is 0.491 e. The lowest BCUT2D eigenvalue weighted by Gasteiger charge is -2.20. The zero-order valence-corrected chi connectivity index (χ0v) is 19.4. The number of anilines is 1. The second-order valence-electron chi connectivity index (χ2n) is 7.12. The smallest absolute Gasteiger partial charge is 0.191 e. The number of nitrogens with zero attached hydrogens (tertiary/aromatic N) is 3. The first-order valence-corrected chi connectivity index (χ1v) is 9.63. The van der Waals surface area contributed by atoms with E-state index in [0.717, 1.165) is 30.2 Å². The Labute approximate surface area is 189 Å². The Hall–Kier alpha value is -2.10. The third kappa shape index (κ3) is 6.73. The Balaban J connectivity index is 0.00000300. The van der Waals surface area contributed by atoms with E-state index in [1.807, 2.05) is 43.0 Å². The maximum Gasteiger partial charge on any atom is 0.191 e. The minimum atomic E-state index is -0.282. The van der Waals surface area contributed by atoms with E-state index in [4.69, 9.17) is 4.74 Å². The molecule has 0 spiro atoms. The Morgan fingerprint density at radius 3 is 2.72 bits per heavy atom. The lowest BCUT2D eigenvalue weighted by Crippen LogP contribution is -2.44. The average Bonchev–Trinajstić information content (AvgIpc) is 3.14. The maximum atomic E-state index is 13.9. The molecule has 0 saturated carbocycles. The summed E-state index contributed by atoms with van der Waals surface area (Å²) in [5, 5.41) is 6.74. The summed E-state index contributed by atoms with van der Waals surface area (Å²) in [6.07, 6.45) is 2.69. The highest BCUT2D eigenvalue weighted by atomic mass is 127. The minimum absolute atomic E-state index is 0. The first-order valence-electron chi connectivity index (χ1n) is 9.63. The molecule has 1 aromatic carbocycles. The number of aliphatic imine (C=N–C) groups is 1. The number of pyridine rings is 1. The molecule has 8 heteroatoms. The van der Waals surface area contributed by atoms with Crippen molar-refractivity contribution in [2.24, 2.45) is 4.99 Å². The summed E-state index contributed by atoms with van der Waals surface area (Å²) in [6.45, 7) is 6.14. The average molecular weight is 513 g/mol. The normalized spacial score (nSPS) is 16.5. The number of nitrogens with one attached hydrogen (secondary N) is 2. The van der Waals surface area contributed by atoms with E-state index >= 15 is 0 Å². The van der Waals surface area contributed by atoms with Crippen molar-refractivity contribution in [2.75, 3.05) is 25.0 Å². The highest BCUT2D eigenvalue weighted by Crippen LogP contribution is 2.20. The van der Waals surface area contributed by atoms with Crippen molar-refractivity contribution in [3.63, 3.8) is 0 Å². The second kappa shape index (κ2) is 11.2. The Morgan fingerprint density at radius 2 is 2.07 bits per heavy atom. The van der Waals surface area contributed by atoms with Crippen LogP contribution in [0.25, 0.3) is 0 Å². The van der Waals surface area contributed by atoms with Gasteiger partial charge in [-0.2, -0.15) is 0 Å². The van der Waals surface area contributed by atoms with Crippen LogP contribution in [0.2, 0.25) is 0 Å². The van der Waals surface area contributed by atoms with Gasteiger partial charge in [0.05, 0.1) is 6.10 Å². The zero-order chi connectivity index (χ0) is 19.9. The molecule has 1 saturated heterocycles. The summed E-state index contributed by atoms with van der Waals surface area (Å²) in [4.78, 5) is 10.4. The number of aromatic nitrogens is 1. The number of rotatable bonds is 6. The van der Waals surface area contributed by atoms with E-state index in [1.165, 1.54) is 6.07 Å². The van der Waals surface area contributed by atoms with Gasteiger partial charge in [0.2, 0.25) is 0 Å². The van der Waals surface area contributed by atoms with Crippen molar-refractivity contribution >= 4 is 35.8 Å². The topological polar surface area (TPSA) is 61.8 Å². The fourth-order valence-corrected chi connectivity index (χ4v) is 3.21. The SMILES string of the molecule is CN=C(NCc1ccc(OC(C)C)cc1)NC1CCN(c2ncccc2F)C1.I. The van der Waals surface area contributed by atoms with Gasteiger partial charge >= 0.3 is 0 Å². The number of guanidine groups is 1. The molecule has 1 aromatic heterocycles. The Kier molecular flexibility index (Phi) is 8.94. The van der Waals surface area contributed by atoms with Crippen LogP contribution >= 0.6 is 24.0 Å². The van der Waals surface area contributed by atoms with E-state index < -0.39 is 0 Å². The van der Waals surface area contributed by atoms with Gasteiger partial charge < -0.3 is 20.3 Å². The molecule has 3 rings (SSSR count). The van der Waals surface area contributed by atoms with Gasteiger partial charge in [0.1, 0.15) is 5.75 Å². The second-order valence-corrected chi connectivity index (χ2v) is 7.12. The lowest BCUT2D eigenvalue weighted by molar-refractivity contribution is 0.242. The van der Waals surface area contributed by atoms with Crippen molar-refractivity contribution in [2.45, 2.75) is 39.0 Å². The fraction of sp³-hybridized carbons (Fsp3) is 0.429. The molecular weight excluding hydrogens is 484 g/mol. The molecule has 2 heterocycles. The molecule has 0 amide bonds. The van der Waals surface area contributed by atoms with Crippen LogP contribution in [0.4, 0.5) is 10.2 Å². The maximum absolute atomic E-state index is 13.9. The van der Waals surface area contributed by atoms with E-state index in [-0.39, 0.29) is 41.9 Å². The Morgan fingerprint density at radius 1 is 1.31 bits per heavy atom. The third-order valence-electron chi connectivity index (χ3n) is 4.55. The summed E-state index contributed by atoms with van der Waals surface area (Å²) >= 11 is 0. The molecule has 29 heavy (non-hydrogen) atoms. The van der Waals surface area contributed by atoms with Gasteiger partial charge in [-0.1, -0.05) is 12.1 Å². The molecule has 1 atom stereocenters. The van der Waals surface area contributed by atoms with Gasteiger partial charge in [-0.25, -0.2) is 9.37 Å². The number of ether oxygens (including phenoxy) is 1. The zero-order valence-electron chi connectivity index (χ0n) is 17.1.